The standard InChI is InChI=1S/C15H23ClN2O3.ClH/c1-5-21-14-12(16)6-11(7-13(14)20-4)8-18-15(19)9(2)10(3)17;/h6-7,9-10H,5,8,17H2,1-4H3,(H,18,19);1H. The molecule has 0 fully saturated rings. The lowest BCUT2D eigenvalue weighted by Crippen LogP contribution is -2.38. The smallest absolute Gasteiger partial charge is 0.224 e. The number of halogens is 2. The molecule has 2 atom stereocenters. The molecule has 1 rings (SSSR count). The fraction of sp³-hybridized carbons (Fsp3) is 0.533. The average molecular weight is 351 g/mol. The molecule has 0 saturated heterocycles. The van der Waals surface area contributed by atoms with E-state index in [1.165, 1.54) is 0 Å². The van der Waals surface area contributed by atoms with Gasteiger partial charge in [0.05, 0.1) is 18.7 Å². The Hall–Kier alpha value is -1.17. The molecule has 0 spiro atoms. The molecule has 126 valence electrons. The molecular weight excluding hydrogens is 327 g/mol. The minimum atomic E-state index is -0.245. The van der Waals surface area contributed by atoms with Crippen LogP contribution in [0.1, 0.15) is 26.3 Å². The number of methoxy groups -OCH3 is 1. The third-order valence-electron chi connectivity index (χ3n) is 3.25. The number of nitrogens with one attached hydrogen (secondary N) is 1. The Morgan fingerprint density at radius 2 is 2.05 bits per heavy atom. The summed E-state index contributed by atoms with van der Waals surface area (Å²) in [6.07, 6.45) is 0. The van der Waals surface area contributed by atoms with E-state index in [9.17, 15) is 4.79 Å². The molecule has 0 aliphatic heterocycles. The van der Waals surface area contributed by atoms with Gasteiger partial charge in [-0.3, -0.25) is 4.79 Å². The predicted octanol–water partition coefficient (Wildman–Crippen LogP) is 2.77. The molecule has 1 aromatic carbocycles. The molecule has 1 amide bonds. The van der Waals surface area contributed by atoms with Gasteiger partial charge in [0.25, 0.3) is 0 Å². The first-order chi connectivity index (χ1) is 9.90. The lowest BCUT2D eigenvalue weighted by atomic mass is 10.0. The number of carbonyl (C=O) groups is 1. The van der Waals surface area contributed by atoms with E-state index < -0.39 is 0 Å². The number of carbonyl (C=O) groups excluding carboxylic acids is 1. The molecule has 22 heavy (non-hydrogen) atoms. The van der Waals surface area contributed by atoms with Gasteiger partial charge in [-0.05, 0) is 31.5 Å². The maximum Gasteiger partial charge on any atom is 0.224 e. The van der Waals surface area contributed by atoms with Crippen molar-refractivity contribution in [3.05, 3.63) is 22.7 Å². The Balaban J connectivity index is 0.00000441. The van der Waals surface area contributed by atoms with E-state index >= 15 is 0 Å². The van der Waals surface area contributed by atoms with E-state index in [1.54, 1.807) is 33.1 Å². The second-order valence-corrected chi connectivity index (χ2v) is 5.31. The molecule has 0 saturated carbocycles. The van der Waals surface area contributed by atoms with E-state index in [4.69, 9.17) is 26.8 Å². The van der Waals surface area contributed by atoms with Crippen molar-refractivity contribution < 1.29 is 14.3 Å². The van der Waals surface area contributed by atoms with Gasteiger partial charge in [0.1, 0.15) is 0 Å². The summed E-state index contributed by atoms with van der Waals surface area (Å²) in [4.78, 5) is 11.9. The van der Waals surface area contributed by atoms with Crippen molar-refractivity contribution in [1.82, 2.24) is 5.32 Å². The highest BCUT2D eigenvalue weighted by Crippen LogP contribution is 2.36. The number of rotatable bonds is 7. The summed E-state index contributed by atoms with van der Waals surface area (Å²) in [6.45, 7) is 6.34. The van der Waals surface area contributed by atoms with Crippen LogP contribution in [0.25, 0.3) is 0 Å². The van der Waals surface area contributed by atoms with E-state index in [-0.39, 0.29) is 30.3 Å². The molecule has 1 aromatic rings. The third kappa shape index (κ3) is 5.55. The first-order valence-corrected chi connectivity index (χ1v) is 7.31. The van der Waals surface area contributed by atoms with Crippen LogP contribution >= 0.6 is 24.0 Å². The van der Waals surface area contributed by atoms with Crippen molar-refractivity contribution in [3.63, 3.8) is 0 Å². The molecule has 0 radical (unpaired) electrons. The Kier molecular flexibility index (Phi) is 9.25. The predicted molar refractivity (Wildman–Crippen MR) is 91.1 cm³/mol. The van der Waals surface area contributed by atoms with Gasteiger partial charge in [0.2, 0.25) is 5.91 Å². The minimum Gasteiger partial charge on any atom is -0.493 e. The first-order valence-electron chi connectivity index (χ1n) is 6.93. The second kappa shape index (κ2) is 9.77. The Bertz CT molecular complexity index is 496. The normalized spacial score (nSPS) is 12.8. The monoisotopic (exact) mass is 350 g/mol. The van der Waals surface area contributed by atoms with Crippen LogP contribution < -0.4 is 20.5 Å². The number of amides is 1. The molecule has 3 N–H and O–H groups in total. The zero-order chi connectivity index (χ0) is 16.0. The lowest BCUT2D eigenvalue weighted by molar-refractivity contribution is -0.125. The van der Waals surface area contributed by atoms with Gasteiger partial charge in [-0.1, -0.05) is 18.5 Å². The molecule has 0 aliphatic carbocycles. The van der Waals surface area contributed by atoms with Gasteiger partial charge in [-0.2, -0.15) is 0 Å². The number of hydrogen-bond donors (Lipinski definition) is 2. The highest BCUT2D eigenvalue weighted by Gasteiger charge is 2.17. The SMILES string of the molecule is CCOc1c(Cl)cc(CNC(=O)C(C)C(C)N)cc1OC.Cl. The zero-order valence-electron chi connectivity index (χ0n) is 13.3. The first kappa shape index (κ1) is 20.8. The van der Waals surface area contributed by atoms with Crippen molar-refractivity contribution >= 4 is 29.9 Å². The van der Waals surface area contributed by atoms with E-state index in [1.807, 2.05) is 6.92 Å². The fourth-order valence-corrected chi connectivity index (χ4v) is 2.04. The number of benzene rings is 1. The van der Waals surface area contributed by atoms with Crippen LogP contribution in [0, 0.1) is 5.92 Å². The van der Waals surface area contributed by atoms with Crippen molar-refractivity contribution in [1.29, 1.82) is 0 Å². The van der Waals surface area contributed by atoms with Gasteiger partial charge >= 0.3 is 0 Å². The summed E-state index contributed by atoms with van der Waals surface area (Å²) in [6, 6.07) is 3.36. The minimum absolute atomic E-state index is 0. The van der Waals surface area contributed by atoms with Gasteiger partial charge in [0.15, 0.2) is 11.5 Å². The van der Waals surface area contributed by atoms with Crippen LogP contribution in [0.2, 0.25) is 5.02 Å². The fourth-order valence-electron chi connectivity index (χ4n) is 1.75. The number of nitrogens with two attached hydrogens (primary N) is 1. The second-order valence-electron chi connectivity index (χ2n) is 4.91. The Labute approximate surface area is 142 Å². The Morgan fingerprint density at radius 1 is 1.41 bits per heavy atom. The van der Waals surface area contributed by atoms with Gasteiger partial charge in [0, 0.05) is 18.5 Å². The molecule has 5 nitrogen and oxygen atoms in total. The molecule has 0 aliphatic rings. The summed E-state index contributed by atoms with van der Waals surface area (Å²) < 4.78 is 10.7. The van der Waals surface area contributed by atoms with Crippen molar-refractivity contribution in [2.75, 3.05) is 13.7 Å². The quantitative estimate of drug-likeness (QED) is 0.792. The largest absolute Gasteiger partial charge is 0.493 e. The molecular formula is C15H24Cl2N2O3. The highest BCUT2D eigenvalue weighted by atomic mass is 35.5. The summed E-state index contributed by atoms with van der Waals surface area (Å²) in [7, 11) is 1.55. The van der Waals surface area contributed by atoms with Crippen molar-refractivity contribution in [2.45, 2.75) is 33.4 Å². The van der Waals surface area contributed by atoms with E-state index in [2.05, 4.69) is 5.32 Å². The Morgan fingerprint density at radius 3 is 2.55 bits per heavy atom. The summed E-state index contributed by atoms with van der Waals surface area (Å²) in [5.41, 5.74) is 6.55. The van der Waals surface area contributed by atoms with Crippen LogP contribution in [-0.4, -0.2) is 25.7 Å². The molecule has 0 heterocycles. The summed E-state index contributed by atoms with van der Waals surface area (Å²) >= 11 is 6.18. The van der Waals surface area contributed by atoms with Crippen molar-refractivity contribution in [2.24, 2.45) is 11.7 Å². The third-order valence-corrected chi connectivity index (χ3v) is 3.53. The van der Waals surface area contributed by atoms with Crippen LogP contribution in [0.5, 0.6) is 11.5 Å². The summed E-state index contributed by atoms with van der Waals surface area (Å²) in [5.74, 6) is 0.730. The number of ether oxygens (including phenoxy) is 2. The number of hydrogen-bond acceptors (Lipinski definition) is 4. The molecule has 0 aromatic heterocycles. The molecule has 7 heteroatoms. The van der Waals surface area contributed by atoms with Crippen LogP contribution in [0.4, 0.5) is 0 Å². The molecule has 0 bridgehead atoms. The van der Waals surface area contributed by atoms with Gasteiger partial charge < -0.3 is 20.5 Å². The highest BCUT2D eigenvalue weighted by molar-refractivity contribution is 6.32. The summed E-state index contributed by atoms with van der Waals surface area (Å²) in [5, 5.41) is 3.30. The van der Waals surface area contributed by atoms with Gasteiger partial charge in [-0.25, -0.2) is 0 Å². The molecule has 2 unspecified atom stereocenters. The van der Waals surface area contributed by atoms with Crippen LogP contribution in [0.15, 0.2) is 12.1 Å². The van der Waals surface area contributed by atoms with Gasteiger partial charge in [-0.15, -0.1) is 12.4 Å². The lowest BCUT2D eigenvalue weighted by Gasteiger charge is -2.16. The average Bonchev–Trinajstić information content (AvgIpc) is 2.46. The van der Waals surface area contributed by atoms with Crippen LogP contribution in [0.3, 0.4) is 0 Å². The van der Waals surface area contributed by atoms with Crippen LogP contribution in [-0.2, 0) is 11.3 Å². The van der Waals surface area contributed by atoms with E-state index in [0.29, 0.717) is 29.7 Å². The van der Waals surface area contributed by atoms with Crippen molar-refractivity contribution in [3.8, 4) is 11.5 Å². The topological polar surface area (TPSA) is 73.6 Å². The zero-order valence-corrected chi connectivity index (χ0v) is 14.9. The maximum absolute atomic E-state index is 11.9. The van der Waals surface area contributed by atoms with E-state index in [0.717, 1.165) is 5.56 Å². The maximum atomic E-state index is 11.9.